The van der Waals surface area contributed by atoms with Crippen LogP contribution in [0.3, 0.4) is 0 Å². The van der Waals surface area contributed by atoms with Gasteiger partial charge in [0, 0.05) is 43.3 Å². The van der Waals surface area contributed by atoms with Gasteiger partial charge in [0.25, 0.3) is 0 Å². The quantitative estimate of drug-likeness (QED) is 0.867. The molecule has 2 aromatic rings. The van der Waals surface area contributed by atoms with Crippen LogP contribution in [-0.2, 0) is 11.8 Å². The minimum absolute atomic E-state index is 0.0531. The first-order chi connectivity index (χ1) is 12.0. The monoisotopic (exact) mass is 345 g/mol. The molecule has 3 heterocycles. The van der Waals surface area contributed by atoms with E-state index in [-0.39, 0.29) is 12.1 Å². The molecule has 2 aromatic heterocycles. The van der Waals surface area contributed by atoms with E-state index in [0.29, 0.717) is 17.7 Å². The molecule has 1 aliphatic heterocycles. The Bertz CT molecular complexity index is 749. The van der Waals surface area contributed by atoms with Gasteiger partial charge in [-0.1, -0.05) is 5.16 Å². The van der Waals surface area contributed by atoms with Gasteiger partial charge in [0.15, 0.2) is 5.82 Å². The lowest BCUT2D eigenvalue weighted by Gasteiger charge is -2.21. The predicted molar refractivity (Wildman–Crippen MR) is 92.2 cm³/mol. The van der Waals surface area contributed by atoms with Crippen molar-refractivity contribution in [2.24, 2.45) is 13.0 Å². The molecule has 1 saturated heterocycles. The third-order valence-corrected chi connectivity index (χ3v) is 5.52. The van der Waals surface area contributed by atoms with Crippen LogP contribution in [0.15, 0.2) is 4.52 Å². The van der Waals surface area contributed by atoms with Crippen molar-refractivity contribution >= 4 is 0 Å². The summed E-state index contributed by atoms with van der Waals surface area (Å²) < 4.78 is 13.4. The van der Waals surface area contributed by atoms with Gasteiger partial charge >= 0.3 is 0 Å². The summed E-state index contributed by atoms with van der Waals surface area (Å²) in [5.74, 6) is 2.50. The average Bonchev–Trinajstić information content (AvgIpc) is 3.03. The molecule has 2 aliphatic rings. The summed E-state index contributed by atoms with van der Waals surface area (Å²) in [6.07, 6.45) is 3.53. The van der Waals surface area contributed by atoms with E-state index in [1.807, 2.05) is 11.7 Å². The van der Waals surface area contributed by atoms with E-state index in [2.05, 4.69) is 41.3 Å². The SMILES string of the molecule is Cc1nn(C)c(C)c1[C@@H]1OCC[C@@H]1CN[C@@H](C)c1nc(C2CC2)no1. The van der Waals surface area contributed by atoms with Crippen molar-refractivity contribution in [2.75, 3.05) is 13.2 Å². The van der Waals surface area contributed by atoms with Gasteiger partial charge in [-0.15, -0.1) is 0 Å². The highest BCUT2D eigenvalue weighted by Crippen LogP contribution is 2.39. The number of hydrogen-bond acceptors (Lipinski definition) is 6. The zero-order chi connectivity index (χ0) is 17.6. The second-order valence-corrected chi connectivity index (χ2v) is 7.44. The molecule has 0 amide bonds. The Balaban J connectivity index is 1.40. The molecule has 0 aromatic carbocycles. The van der Waals surface area contributed by atoms with E-state index in [1.165, 1.54) is 24.1 Å². The molecule has 4 rings (SSSR count). The lowest BCUT2D eigenvalue weighted by Crippen LogP contribution is -2.28. The number of rotatable bonds is 6. The normalized spacial score (nSPS) is 24.8. The molecule has 7 heteroatoms. The topological polar surface area (TPSA) is 78.0 Å². The van der Waals surface area contributed by atoms with Crippen LogP contribution in [-0.4, -0.2) is 33.1 Å². The third-order valence-electron chi connectivity index (χ3n) is 5.52. The van der Waals surface area contributed by atoms with Crippen LogP contribution in [0.25, 0.3) is 0 Å². The summed E-state index contributed by atoms with van der Waals surface area (Å²) in [5, 5.41) is 12.2. The highest BCUT2D eigenvalue weighted by Gasteiger charge is 2.34. The van der Waals surface area contributed by atoms with Gasteiger partial charge < -0.3 is 14.6 Å². The Labute approximate surface area is 148 Å². The molecule has 7 nitrogen and oxygen atoms in total. The minimum Gasteiger partial charge on any atom is -0.373 e. The van der Waals surface area contributed by atoms with Crippen LogP contribution < -0.4 is 5.32 Å². The van der Waals surface area contributed by atoms with Crippen LogP contribution in [0.2, 0.25) is 0 Å². The van der Waals surface area contributed by atoms with E-state index in [0.717, 1.165) is 31.1 Å². The summed E-state index contributed by atoms with van der Waals surface area (Å²) in [6, 6.07) is 0.0531. The molecule has 0 spiro atoms. The molecular formula is C18H27N5O2. The number of nitrogens with one attached hydrogen (secondary N) is 1. The molecule has 136 valence electrons. The first-order valence-electron chi connectivity index (χ1n) is 9.23. The smallest absolute Gasteiger partial charge is 0.243 e. The summed E-state index contributed by atoms with van der Waals surface area (Å²) >= 11 is 0. The molecular weight excluding hydrogens is 318 g/mol. The van der Waals surface area contributed by atoms with Crippen molar-refractivity contribution < 1.29 is 9.26 Å². The van der Waals surface area contributed by atoms with Crippen molar-refractivity contribution in [1.82, 2.24) is 25.2 Å². The van der Waals surface area contributed by atoms with Crippen molar-refractivity contribution in [3.8, 4) is 0 Å². The summed E-state index contributed by atoms with van der Waals surface area (Å²) in [6.45, 7) is 7.92. The van der Waals surface area contributed by atoms with Gasteiger partial charge in [-0.3, -0.25) is 4.68 Å². The Morgan fingerprint density at radius 2 is 2.08 bits per heavy atom. The maximum atomic E-state index is 6.06. The molecule has 1 N–H and O–H groups in total. The van der Waals surface area contributed by atoms with Gasteiger partial charge in [0.1, 0.15) is 0 Å². The van der Waals surface area contributed by atoms with Crippen LogP contribution in [0.1, 0.15) is 72.9 Å². The molecule has 25 heavy (non-hydrogen) atoms. The molecule has 1 saturated carbocycles. The van der Waals surface area contributed by atoms with Gasteiger partial charge in [0.2, 0.25) is 5.89 Å². The molecule has 0 bridgehead atoms. The predicted octanol–water partition coefficient (Wildman–Crippen LogP) is 2.73. The van der Waals surface area contributed by atoms with E-state index in [9.17, 15) is 0 Å². The fourth-order valence-electron chi connectivity index (χ4n) is 3.71. The van der Waals surface area contributed by atoms with Crippen molar-refractivity contribution in [3.63, 3.8) is 0 Å². The standard InChI is InChI=1S/C18H27N5O2/c1-10-15(12(3)23(4)21-10)16-14(7-8-24-16)9-19-11(2)18-20-17(22-25-18)13-5-6-13/h11,13-14,16,19H,5-9H2,1-4H3/t11-,14+,16+/m0/s1. The van der Waals surface area contributed by atoms with Gasteiger partial charge in [-0.05, 0) is 40.0 Å². The fourth-order valence-corrected chi connectivity index (χ4v) is 3.71. The van der Waals surface area contributed by atoms with E-state index in [4.69, 9.17) is 9.26 Å². The number of aromatic nitrogens is 4. The number of ether oxygens (including phenoxy) is 1. The van der Waals surface area contributed by atoms with Crippen LogP contribution in [0.5, 0.6) is 0 Å². The Kier molecular flexibility index (Phi) is 4.37. The number of aryl methyl sites for hydroxylation is 2. The largest absolute Gasteiger partial charge is 0.373 e. The number of nitrogens with zero attached hydrogens (tertiary/aromatic N) is 4. The van der Waals surface area contributed by atoms with Gasteiger partial charge in [-0.25, -0.2) is 0 Å². The van der Waals surface area contributed by atoms with Gasteiger partial charge in [-0.2, -0.15) is 10.1 Å². The van der Waals surface area contributed by atoms with Crippen molar-refractivity contribution in [1.29, 1.82) is 0 Å². The van der Waals surface area contributed by atoms with Crippen molar-refractivity contribution in [3.05, 3.63) is 28.7 Å². The zero-order valence-electron chi connectivity index (χ0n) is 15.5. The van der Waals surface area contributed by atoms with E-state index < -0.39 is 0 Å². The maximum Gasteiger partial charge on any atom is 0.243 e. The van der Waals surface area contributed by atoms with Crippen LogP contribution in [0, 0.1) is 19.8 Å². The zero-order valence-corrected chi connectivity index (χ0v) is 15.5. The second kappa shape index (κ2) is 6.53. The Morgan fingerprint density at radius 1 is 1.28 bits per heavy atom. The average molecular weight is 345 g/mol. The molecule has 0 radical (unpaired) electrons. The minimum atomic E-state index is 0.0531. The van der Waals surface area contributed by atoms with Gasteiger partial charge in [0.05, 0.1) is 17.8 Å². The summed E-state index contributed by atoms with van der Waals surface area (Å²) in [5.41, 5.74) is 3.50. The fraction of sp³-hybridized carbons (Fsp3) is 0.722. The Hall–Kier alpha value is -1.73. The van der Waals surface area contributed by atoms with Crippen LogP contribution >= 0.6 is 0 Å². The highest BCUT2D eigenvalue weighted by molar-refractivity contribution is 5.28. The lowest BCUT2D eigenvalue weighted by atomic mass is 9.93. The third kappa shape index (κ3) is 3.22. The molecule has 0 unspecified atom stereocenters. The van der Waals surface area contributed by atoms with Crippen LogP contribution in [0.4, 0.5) is 0 Å². The van der Waals surface area contributed by atoms with E-state index in [1.54, 1.807) is 0 Å². The second-order valence-electron chi connectivity index (χ2n) is 7.44. The lowest BCUT2D eigenvalue weighted by molar-refractivity contribution is 0.0885. The maximum absolute atomic E-state index is 6.06. The first-order valence-corrected chi connectivity index (χ1v) is 9.23. The molecule has 2 fully saturated rings. The molecule has 3 atom stereocenters. The summed E-state index contributed by atoms with van der Waals surface area (Å²) in [4.78, 5) is 4.54. The van der Waals surface area contributed by atoms with E-state index >= 15 is 0 Å². The number of hydrogen-bond donors (Lipinski definition) is 1. The summed E-state index contributed by atoms with van der Waals surface area (Å²) in [7, 11) is 1.99. The highest BCUT2D eigenvalue weighted by atomic mass is 16.5. The molecule has 1 aliphatic carbocycles. The first kappa shape index (κ1) is 16.7. The Morgan fingerprint density at radius 3 is 2.76 bits per heavy atom. The van der Waals surface area contributed by atoms with Crippen molar-refractivity contribution in [2.45, 2.75) is 58.1 Å².